The van der Waals surface area contributed by atoms with E-state index in [1.54, 1.807) is 35.4 Å². The van der Waals surface area contributed by atoms with Gasteiger partial charge in [0.15, 0.2) is 0 Å². The van der Waals surface area contributed by atoms with Crippen LogP contribution in [0.4, 0.5) is 25.4 Å². The summed E-state index contributed by atoms with van der Waals surface area (Å²) >= 11 is 0. The van der Waals surface area contributed by atoms with Crippen LogP contribution in [0, 0.1) is 5.82 Å². The SMILES string of the molecule is COC(=O)NC[C@H]1CN(c2ccc(N3CCN(C(=O)CNC(=O)c4cccnc4)CC3)c(F)c2)C(=O)O1. The summed E-state index contributed by atoms with van der Waals surface area (Å²) in [7, 11) is 1.23. The van der Waals surface area contributed by atoms with Crippen molar-refractivity contribution in [2.24, 2.45) is 0 Å². The number of carbonyl (C=O) groups is 4. The number of ether oxygens (including phenoxy) is 2. The lowest BCUT2D eigenvalue weighted by atomic mass is 10.2. The van der Waals surface area contributed by atoms with E-state index in [0.717, 1.165) is 0 Å². The number of nitrogens with zero attached hydrogens (tertiary/aromatic N) is 4. The summed E-state index contributed by atoms with van der Waals surface area (Å²) in [4.78, 5) is 56.7. The van der Waals surface area contributed by atoms with Gasteiger partial charge in [0.1, 0.15) is 11.9 Å². The zero-order chi connectivity index (χ0) is 26.4. The molecule has 2 saturated heterocycles. The minimum absolute atomic E-state index is 0.0750. The van der Waals surface area contributed by atoms with Crippen molar-refractivity contribution >= 4 is 35.4 Å². The molecule has 0 bridgehead atoms. The summed E-state index contributed by atoms with van der Waals surface area (Å²) in [6.07, 6.45) is 1.12. The molecule has 0 aliphatic carbocycles. The fraction of sp³-hybridized carbons (Fsp3) is 0.375. The number of piperazine rings is 1. The largest absolute Gasteiger partial charge is 0.453 e. The molecular formula is C24H27FN6O6. The zero-order valence-corrected chi connectivity index (χ0v) is 20.2. The topological polar surface area (TPSA) is 133 Å². The third-order valence-electron chi connectivity index (χ3n) is 6.07. The van der Waals surface area contributed by atoms with E-state index in [9.17, 15) is 19.2 Å². The number of halogens is 1. The number of amides is 4. The highest BCUT2D eigenvalue weighted by Crippen LogP contribution is 2.28. The molecule has 2 aliphatic rings. The minimum atomic E-state index is -0.638. The van der Waals surface area contributed by atoms with Gasteiger partial charge in [-0.1, -0.05) is 0 Å². The molecule has 12 nitrogen and oxygen atoms in total. The molecule has 0 spiro atoms. The molecule has 3 heterocycles. The lowest BCUT2D eigenvalue weighted by Gasteiger charge is -2.36. The average Bonchev–Trinajstić information content (AvgIpc) is 3.31. The molecule has 2 aliphatic heterocycles. The van der Waals surface area contributed by atoms with Crippen LogP contribution in [0.1, 0.15) is 10.4 Å². The van der Waals surface area contributed by atoms with Crippen molar-refractivity contribution in [2.75, 3.05) is 62.7 Å². The molecule has 1 aromatic heterocycles. The standard InChI is InChI=1S/C24H27FN6O6/c1-36-23(34)28-13-18-15-31(24(35)37-18)17-4-5-20(19(25)11-17)29-7-9-30(10-8-29)21(32)14-27-22(33)16-3-2-6-26-12-16/h2-6,11-12,18H,7-10,13-15H2,1H3,(H,27,33)(H,28,34)/t18-/m0/s1. The molecule has 196 valence electrons. The van der Waals surface area contributed by atoms with Gasteiger partial charge in [0.2, 0.25) is 5.91 Å². The summed E-state index contributed by atoms with van der Waals surface area (Å²) in [5, 5.41) is 5.06. The van der Waals surface area contributed by atoms with Crippen LogP contribution in [0.25, 0.3) is 0 Å². The number of hydrogen-bond donors (Lipinski definition) is 2. The molecule has 2 fully saturated rings. The van der Waals surface area contributed by atoms with Crippen LogP contribution in [0.3, 0.4) is 0 Å². The van der Waals surface area contributed by atoms with Crippen molar-refractivity contribution in [3.63, 3.8) is 0 Å². The Kier molecular flexibility index (Phi) is 8.01. The first kappa shape index (κ1) is 25.7. The maximum absolute atomic E-state index is 15.0. The van der Waals surface area contributed by atoms with E-state index in [1.807, 2.05) is 4.90 Å². The number of pyridine rings is 1. The van der Waals surface area contributed by atoms with E-state index in [1.165, 1.54) is 24.3 Å². The summed E-state index contributed by atoms with van der Waals surface area (Å²) in [5.74, 6) is -1.11. The monoisotopic (exact) mass is 514 g/mol. The van der Waals surface area contributed by atoms with E-state index >= 15 is 4.39 Å². The van der Waals surface area contributed by atoms with E-state index in [0.29, 0.717) is 43.1 Å². The van der Waals surface area contributed by atoms with Gasteiger partial charge in [-0.25, -0.2) is 14.0 Å². The van der Waals surface area contributed by atoms with Gasteiger partial charge in [-0.3, -0.25) is 19.5 Å². The Balaban J connectivity index is 1.28. The van der Waals surface area contributed by atoms with Crippen molar-refractivity contribution in [3.05, 3.63) is 54.1 Å². The third kappa shape index (κ3) is 6.23. The number of alkyl carbamates (subject to hydrolysis) is 1. The van der Waals surface area contributed by atoms with Gasteiger partial charge in [-0.2, -0.15) is 0 Å². The van der Waals surface area contributed by atoms with Gasteiger partial charge in [-0.05, 0) is 30.3 Å². The molecule has 2 aromatic rings. The Labute approximate surface area is 212 Å². The van der Waals surface area contributed by atoms with Crippen molar-refractivity contribution in [2.45, 2.75) is 6.10 Å². The lowest BCUT2D eigenvalue weighted by molar-refractivity contribution is -0.130. The predicted molar refractivity (Wildman–Crippen MR) is 130 cm³/mol. The highest BCUT2D eigenvalue weighted by molar-refractivity contribution is 5.96. The second-order valence-corrected chi connectivity index (χ2v) is 8.42. The molecule has 4 rings (SSSR count). The number of nitrogens with one attached hydrogen (secondary N) is 2. The number of hydrogen-bond acceptors (Lipinski definition) is 8. The number of benzene rings is 1. The molecule has 13 heteroatoms. The van der Waals surface area contributed by atoms with Crippen LogP contribution < -0.4 is 20.4 Å². The molecule has 0 saturated carbocycles. The van der Waals surface area contributed by atoms with Gasteiger partial charge in [0.05, 0.1) is 43.7 Å². The zero-order valence-electron chi connectivity index (χ0n) is 20.2. The first-order valence-corrected chi connectivity index (χ1v) is 11.7. The Hall–Kier alpha value is -4.42. The molecular weight excluding hydrogens is 487 g/mol. The van der Waals surface area contributed by atoms with Gasteiger partial charge in [0, 0.05) is 38.6 Å². The Morgan fingerprint density at radius 3 is 2.62 bits per heavy atom. The van der Waals surface area contributed by atoms with Crippen molar-refractivity contribution in [1.82, 2.24) is 20.5 Å². The van der Waals surface area contributed by atoms with Crippen LogP contribution in [-0.2, 0) is 14.3 Å². The number of methoxy groups -OCH3 is 1. The fourth-order valence-corrected chi connectivity index (χ4v) is 4.09. The van der Waals surface area contributed by atoms with E-state index in [2.05, 4.69) is 20.4 Å². The number of aromatic nitrogens is 1. The van der Waals surface area contributed by atoms with Crippen molar-refractivity contribution < 1.29 is 33.0 Å². The quantitative estimate of drug-likeness (QED) is 0.559. The summed E-state index contributed by atoms with van der Waals surface area (Å²) in [5.41, 5.74) is 1.07. The van der Waals surface area contributed by atoms with Crippen LogP contribution in [-0.4, -0.2) is 92.9 Å². The highest BCUT2D eigenvalue weighted by atomic mass is 19.1. The lowest BCUT2D eigenvalue weighted by Crippen LogP contribution is -2.51. The van der Waals surface area contributed by atoms with Crippen LogP contribution in [0.5, 0.6) is 0 Å². The number of anilines is 2. The predicted octanol–water partition coefficient (Wildman–Crippen LogP) is 0.980. The molecule has 0 radical (unpaired) electrons. The molecule has 0 unspecified atom stereocenters. The van der Waals surface area contributed by atoms with Gasteiger partial charge in [0.25, 0.3) is 5.91 Å². The van der Waals surface area contributed by atoms with Gasteiger partial charge >= 0.3 is 12.2 Å². The van der Waals surface area contributed by atoms with Crippen molar-refractivity contribution in [3.8, 4) is 0 Å². The molecule has 4 amide bonds. The van der Waals surface area contributed by atoms with E-state index in [4.69, 9.17) is 4.74 Å². The van der Waals surface area contributed by atoms with Crippen LogP contribution >= 0.6 is 0 Å². The second-order valence-electron chi connectivity index (χ2n) is 8.42. The minimum Gasteiger partial charge on any atom is -0.453 e. The number of cyclic esters (lactones) is 1. The first-order valence-electron chi connectivity index (χ1n) is 11.7. The molecule has 1 atom stereocenters. The third-order valence-corrected chi connectivity index (χ3v) is 6.07. The molecule has 1 aromatic carbocycles. The maximum atomic E-state index is 15.0. The maximum Gasteiger partial charge on any atom is 0.414 e. The summed E-state index contributed by atoms with van der Waals surface area (Å²) < 4.78 is 24.7. The smallest absolute Gasteiger partial charge is 0.414 e. The summed E-state index contributed by atoms with van der Waals surface area (Å²) in [6.45, 7) is 1.65. The number of rotatable bonds is 7. The number of carbonyl (C=O) groups excluding carboxylic acids is 4. The van der Waals surface area contributed by atoms with Crippen LogP contribution in [0.2, 0.25) is 0 Å². The molecule has 2 N–H and O–H groups in total. The van der Waals surface area contributed by atoms with Gasteiger partial charge < -0.3 is 29.9 Å². The molecule has 37 heavy (non-hydrogen) atoms. The Morgan fingerprint density at radius 1 is 1.16 bits per heavy atom. The second kappa shape index (κ2) is 11.5. The van der Waals surface area contributed by atoms with Gasteiger partial charge in [-0.15, -0.1) is 0 Å². The van der Waals surface area contributed by atoms with Crippen LogP contribution in [0.15, 0.2) is 42.7 Å². The Morgan fingerprint density at radius 2 is 1.95 bits per heavy atom. The van der Waals surface area contributed by atoms with Crippen molar-refractivity contribution in [1.29, 1.82) is 0 Å². The normalized spacial score (nSPS) is 17.3. The highest BCUT2D eigenvalue weighted by Gasteiger charge is 2.33. The fourth-order valence-electron chi connectivity index (χ4n) is 4.09. The van der Waals surface area contributed by atoms with E-state index < -0.39 is 24.1 Å². The Bertz CT molecular complexity index is 1160. The van der Waals surface area contributed by atoms with E-state index in [-0.39, 0.29) is 31.4 Å². The summed E-state index contributed by atoms with van der Waals surface area (Å²) in [6, 6.07) is 7.72. The average molecular weight is 515 g/mol. The first-order chi connectivity index (χ1) is 17.9.